The Morgan fingerprint density at radius 1 is 1.11 bits per heavy atom. The molecule has 2 aliphatic rings. The average molecular weight is 394 g/mol. The van der Waals surface area contributed by atoms with Gasteiger partial charge in [-0.05, 0) is 49.9 Å². The van der Waals surface area contributed by atoms with Crippen LogP contribution in [0.2, 0.25) is 0 Å². The molecule has 6 heteroatoms. The molecule has 1 saturated heterocycles. The van der Waals surface area contributed by atoms with Gasteiger partial charge in [0.05, 0.1) is 5.69 Å². The molecule has 1 unspecified atom stereocenters. The molecule has 2 fully saturated rings. The van der Waals surface area contributed by atoms with E-state index in [2.05, 4.69) is 10.3 Å². The second-order valence-corrected chi connectivity index (χ2v) is 8.46. The highest BCUT2D eigenvalue weighted by molar-refractivity contribution is 8.15. The number of amidine groups is 1. The van der Waals surface area contributed by atoms with Crippen molar-refractivity contribution in [2.45, 2.75) is 44.4 Å². The lowest BCUT2D eigenvalue weighted by Gasteiger charge is -2.15. The van der Waals surface area contributed by atoms with Gasteiger partial charge >= 0.3 is 0 Å². The molecule has 144 valence electrons. The fourth-order valence-corrected chi connectivity index (χ4v) is 4.56. The van der Waals surface area contributed by atoms with Gasteiger partial charge in [0, 0.05) is 18.2 Å². The standard InChI is InChI=1S/C22H23N3O2S/c1-14-7-6-8-15(2)20(14)24-19(26)13-18-21(27)25(17-11-12-17)22(28-18)23-16-9-4-3-5-10-16/h3-10,17-18H,11-13H2,1-2H3,(H,24,26). The van der Waals surface area contributed by atoms with E-state index >= 15 is 0 Å². The van der Waals surface area contributed by atoms with Crippen LogP contribution in [-0.4, -0.2) is 33.2 Å². The van der Waals surface area contributed by atoms with Crippen molar-refractivity contribution in [2.24, 2.45) is 4.99 Å². The first-order valence-electron chi connectivity index (χ1n) is 9.52. The minimum atomic E-state index is -0.424. The van der Waals surface area contributed by atoms with E-state index in [1.807, 2.05) is 62.4 Å². The van der Waals surface area contributed by atoms with Gasteiger partial charge in [-0.25, -0.2) is 4.99 Å². The summed E-state index contributed by atoms with van der Waals surface area (Å²) in [5.41, 5.74) is 3.69. The first kappa shape index (κ1) is 18.7. The molecular weight excluding hydrogens is 370 g/mol. The van der Waals surface area contributed by atoms with E-state index in [9.17, 15) is 9.59 Å². The molecule has 0 spiro atoms. The van der Waals surface area contributed by atoms with E-state index in [4.69, 9.17) is 0 Å². The predicted octanol–water partition coefficient (Wildman–Crippen LogP) is 4.43. The van der Waals surface area contributed by atoms with Gasteiger partial charge in [-0.1, -0.05) is 48.2 Å². The minimum Gasteiger partial charge on any atom is -0.326 e. The Hall–Kier alpha value is -2.60. The molecule has 0 aromatic heterocycles. The molecule has 1 saturated carbocycles. The number of hydrogen-bond acceptors (Lipinski definition) is 4. The van der Waals surface area contributed by atoms with Crippen LogP contribution in [0, 0.1) is 13.8 Å². The van der Waals surface area contributed by atoms with Crippen molar-refractivity contribution in [1.29, 1.82) is 0 Å². The topological polar surface area (TPSA) is 61.8 Å². The van der Waals surface area contributed by atoms with Gasteiger partial charge < -0.3 is 5.32 Å². The van der Waals surface area contributed by atoms with Crippen LogP contribution < -0.4 is 5.32 Å². The van der Waals surface area contributed by atoms with Crippen molar-refractivity contribution in [3.05, 3.63) is 59.7 Å². The van der Waals surface area contributed by atoms with Crippen molar-refractivity contribution < 1.29 is 9.59 Å². The largest absolute Gasteiger partial charge is 0.326 e. The van der Waals surface area contributed by atoms with Crippen LogP contribution in [-0.2, 0) is 9.59 Å². The number of thioether (sulfide) groups is 1. The third-order valence-electron chi connectivity index (χ3n) is 4.98. The molecule has 2 amide bonds. The molecule has 0 bridgehead atoms. The Balaban J connectivity index is 1.50. The van der Waals surface area contributed by atoms with Gasteiger partial charge in [0.2, 0.25) is 11.8 Å². The molecule has 28 heavy (non-hydrogen) atoms. The Morgan fingerprint density at radius 3 is 2.43 bits per heavy atom. The molecule has 2 aromatic rings. The maximum atomic E-state index is 13.0. The Kier molecular flexibility index (Phi) is 5.22. The maximum absolute atomic E-state index is 13.0. The Bertz CT molecular complexity index is 918. The zero-order valence-electron chi connectivity index (χ0n) is 16.0. The zero-order valence-corrected chi connectivity index (χ0v) is 16.8. The molecular formula is C22H23N3O2S. The molecule has 5 nitrogen and oxygen atoms in total. The number of carbonyl (C=O) groups is 2. The molecule has 1 N–H and O–H groups in total. The second-order valence-electron chi connectivity index (χ2n) is 7.29. The third-order valence-corrected chi connectivity index (χ3v) is 6.13. The Morgan fingerprint density at radius 2 is 1.79 bits per heavy atom. The SMILES string of the molecule is Cc1cccc(C)c1NC(=O)CC1SC(=Nc2ccccc2)N(C2CC2)C1=O. The van der Waals surface area contributed by atoms with Crippen LogP contribution in [0.25, 0.3) is 0 Å². The number of amides is 2. The highest BCUT2D eigenvalue weighted by atomic mass is 32.2. The molecule has 1 aliphatic carbocycles. The van der Waals surface area contributed by atoms with Crippen LogP contribution in [0.15, 0.2) is 53.5 Å². The molecule has 1 heterocycles. The van der Waals surface area contributed by atoms with Gasteiger partial charge in [-0.15, -0.1) is 0 Å². The number of benzene rings is 2. The van der Waals surface area contributed by atoms with Gasteiger partial charge in [0.15, 0.2) is 5.17 Å². The van der Waals surface area contributed by atoms with E-state index in [-0.39, 0.29) is 24.3 Å². The first-order valence-corrected chi connectivity index (χ1v) is 10.4. The number of nitrogens with one attached hydrogen (secondary N) is 1. The third kappa shape index (κ3) is 3.97. The number of para-hydroxylation sites is 2. The number of anilines is 1. The number of carbonyl (C=O) groups excluding carboxylic acids is 2. The summed E-state index contributed by atoms with van der Waals surface area (Å²) in [6.45, 7) is 3.94. The number of nitrogens with zero attached hydrogens (tertiary/aromatic N) is 2. The summed E-state index contributed by atoms with van der Waals surface area (Å²) in [4.78, 5) is 32.1. The van der Waals surface area contributed by atoms with E-state index < -0.39 is 5.25 Å². The second kappa shape index (κ2) is 7.80. The van der Waals surface area contributed by atoms with Gasteiger partial charge in [0.1, 0.15) is 5.25 Å². The highest BCUT2D eigenvalue weighted by Crippen LogP contribution is 2.39. The van der Waals surface area contributed by atoms with Crippen molar-refractivity contribution in [2.75, 3.05) is 5.32 Å². The quantitative estimate of drug-likeness (QED) is 0.818. The first-order chi connectivity index (χ1) is 13.5. The van der Waals surface area contributed by atoms with Gasteiger partial charge in [-0.3, -0.25) is 14.5 Å². The number of rotatable bonds is 5. The summed E-state index contributed by atoms with van der Waals surface area (Å²) in [6.07, 6.45) is 2.15. The summed E-state index contributed by atoms with van der Waals surface area (Å²) in [5.74, 6) is -0.140. The zero-order chi connectivity index (χ0) is 19.7. The summed E-state index contributed by atoms with van der Waals surface area (Å²) in [7, 11) is 0. The van der Waals surface area contributed by atoms with E-state index in [1.54, 1.807) is 4.90 Å². The average Bonchev–Trinajstić information content (AvgIpc) is 3.45. The lowest BCUT2D eigenvalue weighted by molar-refractivity contribution is -0.128. The molecule has 1 atom stereocenters. The van der Waals surface area contributed by atoms with E-state index in [0.717, 1.165) is 35.3 Å². The van der Waals surface area contributed by atoms with Crippen molar-refractivity contribution in [3.63, 3.8) is 0 Å². The van der Waals surface area contributed by atoms with Gasteiger partial charge in [-0.2, -0.15) is 0 Å². The number of aliphatic imine (C=N–C) groups is 1. The minimum absolute atomic E-state index is 0.00108. The summed E-state index contributed by atoms with van der Waals surface area (Å²) >= 11 is 1.40. The number of aryl methyl sites for hydroxylation is 2. The van der Waals surface area contributed by atoms with Crippen LogP contribution in [0.1, 0.15) is 30.4 Å². The Labute approximate surface area is 169 Å². The highest BCUT2D eigenvalue weighted by Gasteiger charge is 2.46. The summed E-state index contributed by atoms with van der Waals surface area (Å²) in [6, 6.07) is 15.8. The molecule has 4 rings (SSSR count). The normalized spacial score (nSPS) is 20.6. The smallest absolute Gasteiger partial charge is 0.242 e. The van der Waals surface area contributed by atoms with Crippen molar-refractivity contribution >= 4 is 40.1 Å². The molecule has 1 aliphatic heterocycles. The van der Waals surface area contributed by atoms with E-state index in [1.165, 1.54) is 11.8 Å². The molecule has 0 radical (unpaired) electrons. The maximum Gasteiger partial charge on any atom is 0.242 e. The van der Waals surface area contributed by atoms with Gasteiger partial charge in [0.25, 0.3) is 0 Å². The lowest BCUT2D eigenvalue weighted by atomic mass is 10.1. The van der Waals surface area contributed by atoms with Crippen LogP contribution >= 0.6 is 11.8 Å². The fourth-order valence-electron chi connectivity index (χ4n) is 3.35. The number of hydrogen-bond donors (Lipinski definition) is 1. The summed E-state index contributed by atoms with van der Waals surface area (Å²) in [5, 5.41) is 3.28. The predicted molar refractivity (Wildman–Crippen MR) is 114 cm³/mol. The van der Waals surface area contributed by atoms with E-state index in [0.29, 0.717) is 5.17 Å². The monoisotopic (exact) mass is 393 g/mol. The summed E-state index contributed by atoms with van der Waals surface area (Å²) < 4.78 is 0. The van der Waals surface area contributed by atoms with Crippen LogP contribution in [0.3, 0.4) is 0 Å². The van der Waals surface area contributed by atoms with Crippen molar-refractivity contribution in [1.82, 2.24) is 4.90 Å². The molecule has 2 aromatic carbocycles. The van der Waals surface area contributed by atoms with Crippen molar-refractivity contribution in [3.8, 4) is 0 Å². The lowest BCUT2D eigenvalue weighted by Crippen LogP contribution is -2.35. The van der Waals surface area contributed by atoms with Crippen LogP contribution in [0.5, 0.6) is 0 Å². The van der Waals surface area contributed by atoms with Crippen LogP contribution in [0.4, 0.5) is 11.4 Å². The fraction of sp³-hybridized carbons (Fsp3) is 0.318.